The van der Waals surface area contributed by atoms with Crippen molar-refractivity contribution in [2.24, 2.45) is 17.8 Å². The van der Waals surface area contributed by atoms with Crippen molar-refractivity contribution in [3.8, 4) is 0 Å². The molecule has 3 nitrogen and oxygen atoms in total. The number of hydrogen-bond acceptors (Lipinski definition) is 2. The smallest absolute Gasteiger partial charge is 0.222 e. The summed E-state index contributed by atoms with van der Waals surface area (Å²) in [4.78, 5) is 14.2. The Morgan fingerprint density at radius 2 is 2.19 bits per heavy atom. The van der Waals surface area contributed by atoms with E-state index < -0.39 is 0 Å². The van der Waals surface area contributed by atoms with Crippen LogP contribution in [0.25, 0.3) is 0 Å². The van der Waals surface area contributed by atoms with Crippen LogP contribution in [-0.4, -0.2) is 24.4 Å². The van der Waals surface area contributed by atoms with Crippen LogP contribution < -0.4 is 5.73 Å². The van der Waals surface area contributed by atoms with Gasteiger partial charge in [0.2, 0.25) is 5.91 Å². The highest BCUT2D eigenvalue weighted by molar-refractivity contribution is 5.76. The number of carbonyl (C=O) groups is 1. The first-order chi connectivity index (χ1) is 10.1. The van der Waals surface area contributed by atoms with Gasteiger partial charge in [0.05, 0.1) is 0 Å². The summed E-state index contributed by atoms with van der Waals surface area (Å²) < 4.78 is 0. The van der Waals surface area contributed by atoms with Crippen LogP contribution in [0.4, 0.5) is 5.69 Å². The molecule has 2 fully saturated rings. The van der Waals surface area contributed by atoms with Crippen LogP contribution in [0.1, 0.15) is 37.7 Å². The molecule has 2 bridgehead atoms. The molecule has 2 aliphatic rings. The zero-order valence-electron chi connectivity index (χ0n) is 12.9. The number of nitrogen functional groups attached to an aromatic ring is 1. The molecule has 21 heavy (non-hydrogen) atoms. The molecule has 3 heteroatoms. The Morgan fingerprint density at radius 1 is 1.33 bits per heavy atom. The number of aryl methyl sites for hydroxylation is 1. The van der Waals surface area contributed by atoms with Crippen LogP contribution in [0.15, 0.2) is 24.3 Å². The Morgan fingerprint density at radius 3 is 2.86 bits per heavy atom. The second-order valence-electron chi connectivity index (χ2n) is 6.95. The van der Waals surface area contributed by atoms with Gasteiger partial charge >= 0.3 is 0 Å². The predicted molar refractivity (Wildman–Crippen MR) is 85.8 cm³/mol. The number of fused-ring (bicyclic) bond motifs is 2. The fourth-order valence-corrected chi connectivity index (χ4v) is 4.24. The highest BCUT2D eigenvalue weighted by atomic mass is 16.2. The fraction of sp³-hybridized carbons (Fsp3) is 0.611. The van der Waals surface area contributed by atoms with Crippen molar-refractivity contribution in [3.63, 3.8) is 0 Å². The van der Waals surface area contributed by atoms with Crippen molar-refractivity contribution in [1.82, 2.24) is 4.90 Å². The summed E-state index contributed by atoms with van der Waals surface area (Å²) >= 11 is 0. The highest BCUT2D eigenvalue weighted by Gasteiger charge is 2.39. The molecule has 0 radical (unpaired) electrons. The maximum absolute atomic E-state index is 12.3. The molecular weight excluding hydrogens is 260 g/mol. The number of hydrogen-bond donors (Lipinski definition) is 1. The number of rotatable bonds is 5. The highest BCUT2D eigenvalue weighted by Crippen LogP contribution is 2.48. The van der Waals surface area contributed by atoms with Crippen molar-refractivity contribution < 1.29 is 4.79 Å². The molecule has 2 aliphatic carbocycles. The van der Waals surface area contributed by atoms with Crippen LogP contribution in [0.3, 0.4) is 0 Å². The monoisotopic (exact) mass is 286 g/mol. The van der Waals surface area contributed by atoms with Gasteiger partial charge in [-0.25, -0.2) is 0 Å². The summed E-state index contributed by atoms with van der Waals surface area (Å²) in [6.07, 6.45) is 6.94. The van der Waals surface area contributed by atoms with E-state index in [1.807, 2.05) is 36.2 Å². The van der Waals surface area contributed by atoms with Crippen LogP contribution in [0.5, 0.6) is 0 Å². The predicted octanol–water partition coefficient (Wildman–Crippen LogP) is 3.10. The Kier molecular flexibility index (Phi) is 4.18. The number of amides is 1. The first-order valence-electron chi connectivity index (χ1n) is 8.20. The minimum absolute atomic E-state index is 0.264. The third kappa shape index (κ3) is 3.39. The van der Waals surface area contributed by atoms with Crippen molar-refractivity contribution >= 4 is 11.6 Å². The average molecular weight is 286 g/mol. The van der Waals surface area contributed by atoms with Crippen molar-refractivity contribution in [2.45, 2.75) is 38.5 Å². The second kappa shape index (κ2) is 6.08. The van der Waals surface area contributed by atoms with Gasteiger partial charge in [0.25, 0.3) is 0 Å². The van der Waals surface area contributed by atoms with Crippen molar-refractivity contribution in [2.75, 3.05) is 19.3 Å². The molecule has 1 aromatic carbocycles. The summed E-state index contributed by atoms with van der Waals surface area (Å²) in [5.41, 5.74) is 7.70. The van der Waals surface area contributed by atoms with Crippen LogP contribution in [0, 0.1) is 17.8 Å². The fourth-order valence-electron chi connectivity index (χ4n) is 4.24. The summed E-state index contributed by atoms with van der Waals surface area (Å²) in [5.74, 6) is 2.86. The molecule has 3 unspecified atom stereocenters. The largest absolute Gasteiger partial charge is 0.399 e. The average Bonchev–Trinajstić information content (AvgIpc) is 3.07. The molecule has 1 aromatic rings. The van der Waals surface area contributed by atoms with E-state index in [0.717, 1.165) is 42.0 Å². The summed E-state index contributed by atoms with van der Waals surface area (Å²) in [6, 6.07) is 7.84. The minimum Gasteiger partial charge on any atom is -0.399 e. The molecule has 2 saturated carbocycles. The van der Waals surface area contributed by atoms with E-state index in [1.54, 1.807) is 0 Å². The van der Waals surface area contributed by atoms with E-state index in [-0.39, 0.29) is 5.91 Å². The van der Waals surface area contributed by atoms with Gasteiger partial charge in [-0.3, -0.25) is 4.79 Å². The summed E-state index contributed by atoms with van der Waals surface area (Å²) in [5, 5.41) is 0. The van der Waals surface area contributed by atoms with Crippen molar-refractivity contribution in [3.05, 3.63) is 29.8 Å². The van der Waals surface area contributed by atoms with Gasteiger partial charge in [-0.1, -0.05) is 18.6 Å². The van der Waals surface area contributed by atoms with Gasteiger partial charge in [-0.2, -0.15) is 0 Å². The van der Waals surface area contributed by atoms with E-state index in [4.69, 9.17) is 5.73 Å². The number of anilines is 1. The maximum Gasteiger partial charge on any atom is 0.222 e. The van der Waals surface area contributed by atoms with Gasteiger partial charge in [0.15, 0.2) is 0 Å². The zero-order valence-corrected chi connectivity index (χ0v) is 12.9. The van der Waals surface area contributed by atoms with E-state index >= 15 is 0 Å². The molecule has 114 valence electrons. The first kappa shape index (κ1) is 14.4. The molecular formula is C18H26N2O. The third-order valence-electron chi connectivity index (χ3n) is 5.40. The van der Waals surface area contributed by atoms with Gasteiger partial charge in [0, 0.05) is 25.7 Å². The lowest BCUT2D eigenvalue weighted by Gasteiger charge is -2.27. The molecule has 0 saturated heterocycles. The third-order valence-corrected chi connectivity index (χ3v) is 5.40. The van der Waals surface area contributed by atoms with Gasteiger partial charge < -0.3 is 10.6 Å². The number of benzene rings is 1. The number of nitrogens with two attached hydrogens (primary N) is 1. The SMILES string of the molecule is CN(CC1CC2CCC1C2)C(=O)CCc1cccc(N)c1. The molecule has 1 amide bonds. The van der Waals surface area contributed by atoms with Gasteiger partial charge in [-0.05, 0) is 61.1 Å². The normalized spacial score (nSPS) is 27.0. The Bertz CT molecular complexity index is 514. The molecule has 0 aliphatic heterocycles. The van der Waals surface area contributed by atoms with Crippen LogP contribution >= 0.6 is 0 Å². The molecule has 0 spiro atoms. The summed E-state index contributed by atoms with van der Waals surface area (Å²) in [7, 11) is 1.97. The first-order valence-corrected chi connectivity index (χ1v) is 8.20. The minimum atomic E-state index is 0.264. The lowest BCUT2D eigenvalue weighted by atomic mass is 9.88. The Hall–Kier alpha value is -1.51. The van der Waals surface area contributed by atoms with Gasteiger partial charge in [-0.15, -0.1) is 0 Å². The lowest BCUT2D eigenvalue weighted by Crippen LogP contribution is -2.33. The molecule has 3 rings (SSSR count). The lowest BCUT2D eigenvalue weighted by molar-refractivity contribution is -0.130. The maximum atomic E-state index is 12.3. The molecule has 3 atom stereocenters. The van der Waals surface area contributed by atoms with Crippen LogP contribution in [-0.2, 0) is 11.2 Å². The standard InChI is InChI=1S/C18H26N2O/c1-20(12-16-10-14-5-7-15(16)9-14)18(21)8-6-13-3-2-4-17(19)11-13/h2-4,11,14-16H,5-10,12,19H2,1H3. The Balaban J connectivity index is 1.46. The van der Waals surface area contributed by atoms with E-state index in [0.29, 0.717) is 6.42 Å². The van der Waals surface area contributed by atoms with E-state index in [1.165, 1.54) is 25.7 Å². The quantitative estimate of drug-likeness (QED) is 0.845. The number of carbonyl (C=O) groups excluding carboxylic acids is 1. The molecule has 2 N–H and O–H groups in total. The van der Waals surface area contributed by atoms with E-state index in [9.17, 15) is 4.79 Å². The topological polar surface area (TPSA) is 46.3 Å². The second-order valence-corrected chi connectivity index (χ2v) is 6.95. The molecule has 0 heterocycles. The van der Waals surface area contributed by atoms with Crippen molar-refractivity contribution in [1.29, 1.82) is 0 Å². The Labute approximate surface area is 127 Å². The van der Waals surface area contributed by atoms with Gasteiger partial charge in [0.1, 0.15) is 0 Å². The summed E-state index contributed by atoms with van der Waals surface area (Å²) in [6.45, 7) is 0.955. The van der Waals surface area contributed by atoms with E-state index in [2.05, 4.69) is 0 Å². The van der Waals surface area contributed by atoms with Crippen LogP contribution in [0.2, 0.25) is 0 Å². The molecule has 0 aromatic heterocycles. The number of nitrogens with zero attached hydrogens (tertiary/aromatic N) is 1. The zero-order chi connectivity index (χ0) is 14.8.